The lowest BCUT2D eigenvalue weighted by molar-refractivity contribution is 0.484. The second-order valence-corrected chi connectivity index (χ2v) is 8.95. The molecule has 1 aliphatic rings. The molecule has 4 nitrogen and oxygen atoms in total. The predicted octanol–water partition coefficient (Wildman–Crippen LogP) is 2.92. The fourth-order valence-electron chi connectivity index (χ4n) is 1.94. The van der Waals surface area contributed by atoms with Gasteiger partial charge >= 0.3 is 0 Å². The van der Waals surface area contributed by atoms with Crippen LogP contribution >= 0.6 is 15.9 Å². The minimum Gasteiger partial charge on any atom is -0.310 e. The van der Waals surface area contributed by atoms with Crippen molar-refractivity contribution in [3.63, 3.8) is 0 Å². The van der Waals surface area contributed by atoms with Gasteiger partial charge in [-0.25, -0.2) is 17.5 Å². The molecule has 1 saturated carbocycles. The van der Waals surface area contributed by atoms with E-state index in [0.29, 0.717) is 22.6 Å². The molecule has 21 heavy (non-hydrogen) atoms. The van der Waals surface area contributed by atoms with Gasteiger partial charge in [-0.2, -0.15) is 0 Å². The maximum Gasteiger partial charge on any atom is 0.244 e. The molecule has 0 heterocycles. The van der Waals surface area contributed by atoms with Gasteiger partial charge in [0, 0.05) is 28.2 Å². The first-order valence-corrected chi connectivity index (χ1v) is 9.11. The summed E-state index contributed by atoms with van der Waals surface area (Å²) >= 11 is 3.26. The van der Waals surface area contributed by atoms with Crippen molar-refractivity contribution in [1.82, 2.24) is 10.0 Å². The molecule has 0 spiro atoms. The number of nitrogens with one attached hydrogen (secondary N) is 2. The molecule has 1 aromatic rings. The molecule has 2 N–H and O–H groups in total. The number of hydrogen-bond donors (Lipinski definition) is 2. The van der Waals surface area contributed by atoms with E-state index in [9.17, 15) is 12.8 Å². The van der Waals surface area contributed by atoms with Crippen LogP contribution in [0.4, 0.5) is 4.39 Å². The Morgan fingerprint density at radius 1 is 1.33 bits per heavy atom. The van der Waals surface area contributed by atoms with E-state index in [-0.39, 0.29) is 4.90 Å². The average Bonchev–Trinajstić information content (AvgIpc) is 3.10. The van der Waals surface area contributed by atoms with Gasteiger partial charge in [-0.3, -0.25) is 0 Å². The van der Waals surface area contributed by atoms with E-state index in [1.807, 2.05) is 0 Å². The molecule has 0 bridgehead atoms. The van der Waals surface area contributed by atoms with Crippen molar-refractivity contribution < 1.29 is 12.8 Å². The maximum atomic E-state index is 14.5. The molecule has 7 heteroatoms. The fourth-order valence-corrected chi connectivity index (χ4v) is 4.16. The van der Waals surface area contributed by atoms with Crippen molar-refractivity contribution in [3.05, 3.63) is 28.0 Å². The van der Waals surface area contributed by atoms with Crippen LogP contribution in [0.1, 0.15) is 39.2 Å². The lowest BCUT2D eigenvalue weighted by Gasteiger charge is -2.21. The molecule has 1 aliphatic carbocycles. The largest absolute Gasteiger partial charge is 0.310 e. The zero-order chi connectivity index (χ0) is 15.8. The van der Waals surface area contributed by atoms with Crippen molar-refractivity contribution in [2.24, 2.45) is 0 Å². The molecule has 0 aromatic heterocycles. The van der Waals surface area contributed by atoms with Gasteiger partial charge in [0.2, 0.25) is 10.0 Å². The van der Waals surface area contributed by atoms with Crippen LogP contribution in [-0.4, -0.2) is 20.0 Å². The molecular formula is C14H20BrFN2O2S. The summed E-state index contributed by atoms with van der Waals surface area (Å²) in [5.74, 6) is -0.692. The van der Waals surface area contributed by atoms with Gasteiger partial charge < -0.3 is 5.32 Å². The molecule has 118 valence electrons. The summed E-state index contributed by atoms with van der Waals surface area (Å²) in [4.78, 5) is -0.320. The normalized spacial score (nSPS) is 16.2. The number of rotatable bonds is 5. The molecular weight excluding hydrogens is 359 g/mol. The Bertz CT molecular complexity index is 637. The van der Waals surface area contributed by atoms with Crippen molar-refractivity contribution in [2.45, 2.75) is 56.6 Å². The van der Waals surface area contributed by atoms with Crippen molar-refractivity contribution in [2.75, 3.05) is 0 Å². The van der Waals surface area contributed by atoms with E-state index < -0.39 is 21.4 Å². The van der Waals surface area contributed by atoms with Gasteiger partial charge in [-0.1, -0.05) is 15.9 Å². The SMILES string of the molecule is CC(C)(C)NS(=O)(=O)c1cc(Br)cc(CNC2CC2)c1F. The van der Waals surface area contributed by atoms with Crippen molar-refractivity contribution >= 4 is 26.0 Å². The zero-order valence-electron chi connectivity index (χ0n) is 12.3. The average molecular weight is 379 g/mol. The quantitative estimate of drug-likeness (QED) is 0.827. The highest BCUT2D eigenvalue weighted by Crippen LogP contribution is 2.26. The van der Waals surface area contributed by atoms with Crippen molar-refractivity contribution in [1.29, 1.82) is 0 Å². The Hall–Kier alpha value is -0.500. The Balaban J connectivity index is 2.33. The van der Waals surface area contributed by atoms with Gasteiger partial charge in [0.05, 0.1) is 0 Å². The van der Waals surface area contributed by atoms with Crippen molar-refractivity contribution in [3.8, 4) is 0 Å². The third-order valence-electron chi connectivity index (χ3n) is 2.97. The minimum absolute atomic E-state index is 0.320. The van der Waals surface area contributed by atoms with Crippen LogP contribution in [0.5, 0.6) is 0 Å². The van der Waals surface area contributed by atoms with Gasteiger partial charge in [0.1, 0.15) is 10.7 Å². The van der Waals surface area contributed by atoms with Crippen LogP contribution in [0.3, 0.4) is 0 Å². The van der Waals surface area contributed by atoms with Crippen LogP contribution in [0.25, 0.3) is 0 Å². The number of sulfonamides is 1. The first-order valence-electron chi connectivity index (χ1n) is 6.84. The molecule has 0 saturated heterocycles. The molecule has 0 aliphatic heterocycles. The van der Waals surface area contributed by atoms with Gasteiger partial charge in [-0.05, 0) is 45.7 Å². The van der Waals surface area contributed by atoms with E-state index in [0.717, 1.165) is 12.8 Å². The molecule has 1 aromatic carbocycles. The molecule has 1 fully saturated rings. The van der Waals surface area contributed by atoms with Gasteiger partial charge in [0.25, 0.3) is 0 Å². The van der Waals surface area contributed by atoms with E-state index in [4.69, 9.17) is 0 Å². The lowest BCUT2D eigenvalue weighted by Crippen LogP contribution is -2.40. The molecule has 0 unspecified atom stereocenters. The van der Waals surface area contributed by atoms with Crippen LogP contribution in [0.2, 0.25) is 0 Å². The Labute approximate surface area is 133 Å². The molecule has 0 atom stereocenters. The summed E-state index contributed by atoms with van der Waals surface area (Å²) in [7, 11) is -3.90. The summed E-state index contributed by atoms with van der Waals surface area (Å²) < 4.78 is 42.2. The molecule has 0 radical (unpaired) electrons. The third-order valence-corrected chi connectivity index (χ3v) is 5.18. The smallest absolute Gasteiger partial charge is 0.244 e. The highest BCUT2D eigenvalue weighted by atomic mass is 79.9. The Morgan fingerprint density at radius 3 is 2.48 bits per heavy atom. The van der Waals surface area contributed by atoms with Gasteiger partial charge in [-0.15, -0.1) is 0 Å². The molecule has 0 amide bonds. The van der Waals surface area contributed by atoms with E-state index in [1.165, 1.54) is 6.07 Å². The first kappa shape index (κ1) is 16.9. The fraction of sp³-hybridized carbons (Fsp3) is 0.571. The van der Waals surface area contributed by atoms with E-state index in [2.05, 4.69) is 26.0 Å². The number of halogens is 2. The zero-order valence-corrected chi connectivity index (χ0v) is 14.7. The lowest BCUT2D eigenvalue weighted by atomic mass is 10.1. The minimum atomic E-state index is -3.90. The predicted molar refractivity (Wildman–Crippen MR) is 84.0 cm³/mol. The van der Waals surface area contributed by atoms with Gasteiger partial charge in [0.15, 0.2) is 0 Å². The maximum absolute atomic E-state index is 14.5. The van der Waals surface area contributed by atoms with Crippen LogP contribution in [-0.2, 0) is 16.6 Å². The Kier molecular flexibility index (Phi) is 4.78. The molecule has 2 rings (SSSR count). The van der Waals surface area contributed by atoms with E-state index in [1.54, 1.807) is 26.8 Å². The second-order valence-electron chi connectivity index (χ2n) is 6.39. The summed E-state index contributed by atoms with van der Waals surface area (Å²) in [6.45, 7) is 5.48. The standard InChI is InChI=1S/C14H20BrFN2O2S/c1-14(2,3)18-21(19,20)12-7-10(15)6-9(13(12)16)8-17-11-4-5-11/h6-7,11,17-18H,4-5,8H2,1-3H3. The highest BCUT2D eigenvalue weighted by molar-refractivity contribution is 9.10. The van der Waals surface area contributed by atoms with Crippen LogP contribution < -0.4 is 10.0 Å². The second kappa shape index (κ2) is 5.95. The highest BCUT2D eigenvalue weighted by Gasteiger charge is 2.27. The number of hydrogen-bond acceptors (Lipinski definition) is 3. The number of benzene rings is 1. The first-order chi connectivity index (χ1) is 9.58. The van der Waals surface area contributed by atoms with Crippen LogP contribution in [0.15, 0.2) is 21.5 Å². The van der Waals surface area contributed by atoms with Crippen LogP contribution in [0, 0.1) is 5.82 Å². The topological polar surface area (TPSA) is 58.2 Å². The summed E-state index contributed by atoms with van der Waals surface area (Å²) in [6, 6.07) is 3.33. The monoisotopic (exact) mass is 378 g/mol. The summed E-state index contributed by atoms with van der Waals surface area (Å²) in [5.41, 5.74) is -0.314. The summed E-state index contributed by atoms with van der Waals surface area (Å²) in [5, 5.41) is 3.19. The Morgan fingerprint density at radius 2 is 1.95 bits per heavy atom. The van der Waals surface area contributed by atoms with E-state index >= 15 is 0 Å². The third kappa shape index (κ3) is 4.74. The summed E-state index contributed by atoms with van der Waals surface area (Å²) in [6.07, 6.45) is 2.18.